The van der Waals surface area contributed by atoms with Crippen molar-refractivity contribution < 1.29 is 17.4 Å². The Hall–Kier alpha value is -3.47. The highest BCUT2D eigenvalue weighted by Gasteiger charge is 2.14. The molecule has 0 saturated heterocycles. The molecule has 0 aliphatic carbocycles. The summed E-state index contributed by atoms with van der Waals surface area (Å²) in [6.45, 7) is 1.82. The second-order valence-electron chi connectivity index (χ2n) is 6.50. The van der Waals surface area contributed by atoms with Crippen molar-refractivity contribution in [1.82, 2.24) is 4.57 Å². The second kappa shape index (κ2) is 8.27. The zero-order valence-corrected chi connectivity index (χ0v) is 16.8. The number of hydrogen-bond acceptors (Lipinski definition) is 4. The highest BCUT2D eigenvalue weighted by Crippen LogP contribution is 2.19. The van der Waals surface area contributed by atoms with Crippen LogP contribution in [-0.2, 0) is 17.2 Å². The maximum absolute atomic E-state index is 10.4. The van der Waals surface area contributed by atoms with Crippen LogP contribution in [0.15, 0.2) is 84.0 Å². The van der Waals surface area contributed by atoms with Gasteiger partial charge in [-0.2, -0.15) is 5.26 Å². The number of hydrogen-bond donors (Lipinski definition) is 0. The molecule has 2 heterocycles. The molecule has 0 spiro atoms. The first-order chi connectivity index (χ1) is 13.8. The number of imidazole rings is 1. The minimum atomic E-state index is -4.27. The topological polar surface area (TPSA) is 90.0 Å². The van der Waals surface area contributed by atoms with Gasteiger partial charge in [0.05, 0.1) is 29.8 Å². The fourth-order valence-electron chi connectivity index (χ4n) is 2.87. The Morgan fingerprint density at radius 3 is 2.21 bits per heavy atom. The van der Waals surface area contributed by atoms with Gasteiger partial charge in [-0.25, -0.2) is 17.4 Å². The highest BCUT2D eigenvalue weighted by atomic mass is 32.2. The van der Waals surface area contributed by atoms with Crippen LogP contribution in [0.5, 0.6) is 0 Å². The highest BCUT2D eigenvalue weighted by molar-refractivity contribution is 7.85. The number of nitrogens with zero attached hydrogens (tertiary/aromatic N) is 3. The molecule has 0 saturated carbocycles. The molecule has 2 aromatic carbocycles. The monoisotopic (exact) mass is 405 g/mol. The van der Waals surface area contributed by atoms with Gasteiger partial charge in [0.2, 0.25) is 0 Å². The van der Waals surface area contributed by atoms with Crippen LogP contribution < -0.4 is 4.40 Å². The van der Waals surface area contributed by atoms with Gasteiger partial charge in [0.1, 0.15) is 16.3 Å². The Balaban J connectivity index is 0.000000188. The van der Waals surface area contributed by atoms with Crippen molar-refractivity contribution in [2.24, 2.45) is 7.05 Å². The third-order valence-electron chi connectivity index (χ3n) is 4.45. The van der Waals surface area contributed by atoms with Gasteiger partial charge in [0, 0.05) is 11.6 Å². The summed E-state index contributed by atoms with van der Waals surface area (Å²) in [4.78, 5) is -0.178. The van der Waals surface area contributed by atoms with Crippen LogP contribution in [0, 0.1) is 18.3 Å². The number of aromatic nitrogens is 2. The van der Waals surface area contributed by atoms with E-state index in [-0.39, 0.29) is 4.90 Å². The molecule has 2 aromatic heterocycles. The maximum atomic E-state index is 10.4. The number of aryl methyl sites for hydroxylation is 2. The summed E-state index contributed by atoms with van der Waals surface area (Å²) in [5.74, 6) is 0. The first kappa shape index (κ1) is 20.3. The van der Waals surface area contributed by atoms with Gasteiger partial charge in [0.25, 0.3) is 5.65 Å². The number of nitriles is 1. The van der Waals surface area contributed by atoms with Gasteiger partial charge in [-0.15, -0.1) is 0 Å². The molecule has 29 heavy (non-hydrogen) atoms. The minimum Gasteiger partial charge on any atom is -0.744 e. The molecule has 0 N–H and O–H groups in total. The van der Waals surface area contributed by atoms with Gasteiger partial charge < -0.3 is 4.55 Å². The first-order valence-electron chi connectivity index (χ1n) is 8.78. The quantitative estimate of drug-likeness (QED) is 0.378. The molecule has 146 valence electrons. The summed E-state index contributed by atoms with van der Waals surface area (Å²) in [5, 5.41) is 8.81. The van der Waals surface area contributed by atoms with Crippen molar-refractivity contribution in [3.05, 3.63) is 90.3 Å². The molecule has 6 nitrogen and oxygen atoms in total. The SMILES string of the molecule is Cc1ccc(S(=O)(=O)[O-])cc1.Cn1c(-c2ccc(C#N)cc2)c[n+]2ccccc12. The predicted molar refractivity (Wildman–Crippen MR) is 108 cm³/mol. The van der Waals surface area contributed by atoms with Gasteiger partial charge in [0.15, 0.2) is 5.69 Å². The van der Waals surface area contributed by atoms with Gasteiger partial charge in [-0.3, -0.25) is 0 Å². The Kier molecular flexibility index (Phi) is 5.78. The van der Waals surface area contributed by atoms with E-state index in [1.54, 1.807) is 12.1 Å². The zero-order valence-electron chi connectivity index (χ0n) is 16.0. The molecule has 0 aliphatic heterocycles. The van der Waals surface area contributed by atoms with Crippen LogP contribution in [0.2, 0.25) is 0 Å². The van der Waals surface area contributed by atoms with Crippen LogP contribution in [-0.4, -0.2) is 17.5 Å². The standard InChI is InChI=1S/C15H12N3.C7H8O3S/c1-17-14(11-18-9-3-2-4-15(17)18)13-7-5-12(10-16)6-8-13;1-6-2-4-7(5-3-6)11(8,9)10/h2-9,11H,1H3;2-5H,1H3,(H,8,9,10)/q+1;/p-1. The number of pyridine rings is 1. The van der Waals surface area contributed by atoms with Gasteiger partial charge >= 0.3 is 0 Å². The first-order valence-corrected chi connectivity index (χ1v) is 10.2. The van der Waals surface area contributed by atoms with E-state index in [9.17, 15) is 13.0 Å². The molecule has 0 fully saturated rings. The summed E-state index contributed by atoms with van der Waals surface area (Å²) in [5.41, 5.74) is 4.99. The molecule has 7 heteroatoms. The molecule has 0 aliphatic rings. The molecule has 0 amide bonds. The maximum Gasteiger partial charge on any atom is 0.286 e. The lowest BCUT2D eigenvalue weighted by atomic mass is 10.1. The van der Waals surface area contributed by atoms with Crippen molar-refractivity contribution >= 4 is 15.8 Å². The Labute approximate surface area is 169 Å². The van der Waals surface area contributed by atoms with E-state index in [1.807, 2.05) is 56.6 Å². The third kappa shape index (κ3) is 4.69. The van der Waals surface area contributed by atoms with Crippen LogP contribution in [0.3, 0.4) is 0 Å². The van der Waals surface area contributed by atoms with Crippen LogP contribution >= 0.6 is 0 Å². The lowest BCUT2D eigenvalue weighted by Crippen LogP contribution is -2.17. The van der Waals surface area contributed by atoms with Crippen molar-refractivity contribution in [2.75, 3.05) is 0 Å². The number of fused-ring (bicyclic) bond motifs is 1. The Morgan fingerprint density at radius 1 is 1.00 bits per heavy atom. The average Bonchev–Trinajstić information content (AvgIpc) is 3.05. The molecular weight excluding hydrogens is 386 g/mol. The summed E-state index contributed by atoms with van der Waals surface area (Å²) < 4.78 is 35.4. The molecule has 4 aromatic rings. The largest absolute Gasteiger partial charge is 0.744 e. The molecule has 0 bridgehead atoms. The molecule has 0 radical (unpaired) electrons. The van der Waals surface area contributed by atoms with Crippen LogP contribution in [0.4, 0.5) is 0 Å². The van der Waals surface area contributed by atoms with E-state index in [0.717, 1.165) is 22.5 Å². The van der Waals surface area contributed by atoms with Crippen molar-refractivity contribution in [1.29, 1.82) is 5.26 Å². The van der Waals surface area contributed by atoms with E-state index >= 15 is 0 Å². The van der Waals surface area contributed by atoms with Crippen LogP contribution in [0.1, 0.15) is 11.1 Å². The van der Waals surface area contributed by atoms with E-state index in [0.29, 0.717) is 5.56 Å². The van der Waals surface area contributed by atoms with Gasteiger partial charge in [-0.1, -0.05) is 23.8 Å². The van der Waals surface area contributed by atoms with Crippen LogP contribution in [0.25, 0.3) is 16.9 Å². The number of benzene rings is 2. The van der Waals surface area contributed by atoms with Crippen molar-refractivity contribution in [3.8, 4) is 17.3 Å². The lowest BCUT2D eigenvalue weighted by molar-refractivity contribution is -0.510. The van der Waals surface area contributed by atoms with E-state index in [4.69, 9.17) is 5.26 Å². The fourth-order valence-corrected chi connectivity index (χ4v) is 3.34. The smallest absolute Gasteiger partial charge is 0.286 e. The van der Waals surface area contributed by atoms with Crippen molar-refractivity contribution in [3.63, 3.8) is 0 Å². The Bertz CT molecular complexity index is 1280. The normalized spacial score (nSPS) is 10.8. The zero-order chi connectivity index (χ0) is 21.0. The summed E-state index contributed by atoms with van der Waals surface area (Å²) >= 11 is 0. The molecule has 0 unspecified atom stereocenters. The fraction of sp³-hybridized carbons (Fsp3) is 0.0909. The van der Waals surface area contributed by atoms with E-state index < -0.39 is 10.1 Å². The summed E-state index contributed by atoms with van der Waals surface area (Å²) in [6, 6.07) is 21.7. The molecule has 0 atom stereocenters. The minimum absolute atomic E-state index is 0.178. The molecule has 4 rings (SSSR count). The third-order valence-corrected chi connectivity index (χ3v) is 5.30. The van der Waals surface area contributed by atoms with Gasteiger partial charge in [-0.05, 0) is 49.4 Å². The van der Waals surface area contributed by atoms with Crippen molar-refractivity contribution in [2.45, 2.75) is 11.8 Å². The average molecular weight is 405 g/mol. The molecular formula is C22H19N3O3S. The lowest BCUT2D eigenvalue weighted by Gasteiger charge is -2.05. The Morgan fingerprint density at radius 2 is 1.66 bits per heavy atom. The summed E-state index contributed by atoms with van der Waals surface area (Å²) in [6.07, 6.45) is 4.12. The predicted octanol–water partition coefficient (Wildman–Crippen LogP) is 3.20. The second-order valence-corrected chi connectivity index (χ2v) is 7.88. The van der Waals surface area contributed by atoms with E-state index in [1.165, 1.54) is 12.1 Å². The number of rotatable bonds is 2. The summed E-state index contributed by atoms with van der Waals surface area (Å²) in [7, 11) is -2.23. The van der Waals surface area contributed by atoms with E-state index in [2.05, 4.69) is 27.3 Å².